The Bertz CT molecular complexity index is 555. The summed E-state index contributed by atoms with van der Waals surface area (Å²) in [7, 11) is 0. The number of nitrogens with two attached hydrogens (primary N) is 1. The summed E-state index contributed by atoms with van der Waals surface area (Å²) in [5.74, 6) is -2.67. The molecule has 3 N–H and O–H groups in total. The fourth-order valence-electron chi connectivity index (χ4n) is 1.20. The van der Waals surface area contributed by atoms with E-state index in [1.807, 2.05) is 0 Å². The predicted molar refractivity (Wildman–Crippen MR) is 55.2 cm³/mol. The third kappa shape index (κ3) is 2.22. The fraction of sp³-hybridized carbons (Fsp3) is 0. The van der Waals surface area contributed by atoms with Crippen LogP contribution in [0.25, 0.3) is 0 Å². The number of nitrogen functional groups attached to an aromatic ring is 1. The van der Waals surface area contributed by atoms with Crippen LogP contribution < -0.4 is 11.1 Å². The van der Waals surface area contributed by atoms with E-state index in [1.54, 1.807) is 0 Å². The number of amides is 1. The summed E-state index contributed by atoms with van der Waals surface area (Å²) < 4.78 is 30.7. The summed E-state index contributed by atoms with van der Waals surface area (Å²) >= 11 is 0. The molecule has 0 aliphatic rings. The molecule has 0 aliphatic carbocycles. The molecule has 1 aromatic carbocycles. The van der Waals surface area contributed by atoms with Gasteiger partial charge >= 0.3 is 0 Å². The highest BCUT2D eigenvalue weighted by atomic mass is 19.1. The van der Waals surface area contributed by atoms with Gasteiger partial charge in [0.05, 0.1) is 17.4 Å². The summed E-state index contributed by atoms with van der Waals surface area (Å²) in [6.07, 6.45) is 2.41. The number of hydrogen-bond acceptors (Lipinski definition) is 4. The molecular weight excluding hydrogens is 232 g/mol. The van der Waals surface area contributed by atoms with Crippen LogP contribution in [0, 0.1) is 11.6 Å². The van der Waals surface area contributed by atoms with E-state index < -0.39 is 17.5 Å². The van der Waals surface area contributed by atoms with E-state index in [2.05, 4.69) is 15.0 Å². The predicted octanol–water partition coefficient (Wildman–Crippen LogP) is 1.79. The molecule has 5 nitrogen and oxygen atoms in total. The first-order valence-electron chi connectivity index (χ1n) is 4.53. The van der Waals surface area contributed by atoms with Crippen molar-refractivity contribution in [2.24, 2.45) is 0 Å². The van der Waals surface area contributed by atoms with Crippen LogP contribution in [-0.4, -0.2) is 11.1 Å². The topological polar surface area (TPSA) is 81.2 Å². The number of hydrogen-bond donors (Lipinski definition) is 2. The fourth-order valence-corrected chi connectivity index (χ4v) is 1.20. The Balaban J connectivity index is 2.28. The molecule has 17 heavy (non-hydrogen) atoms. The zero-order chi connectivity index (χ0) is 12.4. The smallest absolute Gasteiger partial charge is 0.258 e. The van der Waals surface area contributed by atoms with Crippen LogP contribution in [0.4, 0.5) is 20.2 Å². The monoisotopic (exact) mass is 239 g/mol. The number of nitrogens with zero attached hydrogens (tertiary/aromatic N) is 1. The van der Waals surface area contributed by atoms with Gasteiger partial charge in [0, 0.05) is 6.07 Å². The second kappa shape index (κ2) is 4.20. The minimum Gasteiger partial charge on any atom is -0.396 e. The van der Waals surface area contributed by atoms with Gasteiger partial charge in [-0.2, -0.15) is 0 Å². The number of benzene rings is 1. The van der Waals surface area contributed by atoms with Gasteiger partial charge in [-0.05, 0) is 6.07 Å². The van der Waals surface area contributed by atoms with Crippen LogP contribution in [0.1, 0.15) is 10.4 Å². The molecule has 2 rings (SSSR count). The van der Waals surface area contributed by atoms with E-state index >= 15 is 0 Å². The van der Waals surface area contributed by atoms with Gasteiger partial charge in [0.25, 0.3) is 5.91 Å². The molecule has 0 atom stereocenters. The Morgan fingerprint density at radius 1 is 1.35 bits per heavy atom. The van der Waals surface area contributed by atoms with Crippen LogP contribution in [0.2, 0.25) is 0 Å². The van der Waals surface area contributed by atoms with E-state index in [4.69, 9.17) is 5.73 Å². The lowest BCUT2D eigenvalue weighted by Gasteiger charge is -2.05. The first-order valence-corrected chi connectivity index (χ1v) is 4.53. The van der Waals surface area contributed by atoms with Crippen molar-refractivity contribution >= 4 is 17.3 Å². The Hall–Kier alpha value is -2.44. The highest BCUT2D eigenvalue weighted by molar-refractivity contribution is 6.04. The molecule has 0 radical (unpaired) electrons. The van der Waals surface area contributed by atoms with Crippen molar-refractivity contribution in [1.82, 2.24) is 5.16 Å². The minimum atomic E-state index is -0.995. The van der Waals surface area contributed by atoms with Crippen LogP contribution in [-0.2, 0) is 0 Å². The first-order chi connectivity index (χ1) is 8.08. The lowest BCUT2D eigenvalue weighted by molar-refractivity contribution is 0.102. The molecule has 0 aliphatic heterocycles. The maximum atomic E-state index is 13.3. The molecule has 2 aromatic rings. The number of anilines is 2. The average molecular weight is 239 g/mol. The first kappa shape index (κ1) is 11.1. The maximum absolute atomic E-state index is 13.3. The van der Waals surface area contributed by atoms with Gasteiger partial charge in [0.15, 0.2) is 0 Å². The quantitative estimate of drug-likeness (QED) is 0.783. The van der Waals surface area contributed by atoms with Gasteiger partial charge in [-0.3, -0.25) is 4.79 Å². The maximum Gasteiger partial charge on any atom is 0.258 e. The van der Waals surface area contributed by atoms with Gasteiger partial charge in [-0.1, -0.05) is 5.16 Å². The van der Waals surface area contributed by atoms with E-state index in [9.17, 15) is 13.6 Å². The van der Waals surface area contributed by atoms with Crippen LogP contribution >= 0.6 is 0 Å². The highest BCUT2D eigenvalue weighted by Crippen LogP contribution is 2.18. The summed E-state index contributed by atoms with van der Waals surface area (Å²) in [5.41, 5.74) is 4.85. The Labute approximate surface area is 94.2 Å². The van der Waals surface area contributed by atoms with Gasteiger partial charge in [0.2, 0.25) is 0 Å². The normalized spacial score (nSPS) is 10.2. The SMILES string of the molecule is Nc1cc(C(=O)Nc2cnoc2)c(F)cc1F. The van der Waals surface area contributed by atoms with Crippen molar-refractivity contribution in [3.05, 3.63) is 41.8 Å². The van der Waals surface area contributed by atoms with Gasteiger partial charge in [-0.25, -0.2) is 8.78 Å². The van der Waals surface area contributed by atoms with Crippen molar-refractivity contribution < 1.29 is 18.1 Å². The number of nitrogens with one attached hydrogen (secondary N) is 1. The van der Waals surface area contributed by atoms with Crippen LogP contribution in [0.3, 0.4) is 0 Å². The van der Waals surface area contributed by atoms with Crippen LogP contribution in [0.15, 0.2) is 29.1 Å². The molecule has 7 heteroatoms. The van der Waals surface area contributed by atoms with Crippen molar-refractivity contribution in [1.29, 1.82) is 0 Å². The van der Waals surface area contributed by atoms with Crippen molar-refractivity contribution in [3.63, 3.8) is 0 Å². The number of rotatable bonds is 2. The van der Waals surface area contributed by atoms with E-state index in [-0.39, 0.29) is 16.9 Å². The molecule has 0 fully saturated rings. The summed E-state index contributed by atoms with van der Waals surface area (Å²) in [5, 5.41) is 5.67. The molecule has 1 amide bonds. The zero-order valence-corrected chi connectivity index (χ0v) is 8.41. The van der Waals surface area contributed by atoms with Crippen LogP contribution in [0.5, 0.6) is 0 Å². The molecule has 1 aromatic heterocycles. The number of halogens is 2. The molecule has 0 bridgehead atoms. The van der Waals surface area contributed by atoms with Crippen molar-refractivity contribution in [3.8, 4) is 0 Å². The summed E-state index contributed by atoms with van der Waals surface area (Å²) in [4.78, 5) is 11.6. The van der Waals surface area contributed by atoms with E-state index in [1.165, 1.54) is 12.5 Å². The molecule has 88 valence electrons. The summed E-state index contributed by atoms with van der Waals surface area (Å²) in [6.45, 7) is 0. The number of aromatic nitrogens is 1. The minimum absolute atomic E-state index is 0.261. The standard InChI is InChI=1S/C10H7F2N3O2/c11-7-2-8(12)9(13)1-6(7)10(16)15-5-3-14-17-4-5/h1-4H,13H2,(H,15,16). The largest absolute Gasteiger partial charge is 0.396 e. The third-order valence-corrected chi connectivity index (χ3v) is 2.02. The molecular formula is C10H7F2N3O2. The average Bonchev–Trinajstić information content (AvgIpc) is 2.76. The second-order valence-electron chi connectivity index (χ2n) is 3.22. The second-order valence-corrected chi connectivity index (χ2v) is 3.22. The summed E-state index contributed by atoms with van der Waals surface area (Å²) in [6, 6.07) is 1.48. The van der Waals surface area contributed by atoms with E-state index in [0.29, 0.717) is 6.07 Å². The Morgan fingerprint density at radius 2 is 2.12 bits per heavy atom. The van der Waals surface area contributed by atoms with Gasteiger partial charge in [-0.15, -0.1) is 0 Å². The van der Waals surface area contributed by atoms with Crippen molar-refractivity contribution in [2.45, 2.75) is 0 Å². The number of carbonyl (C=O) groups excluding carboxylic acids is 1. The number of carbonyl (C=O) groups is 1. The van der Waals surface area contributed by atoms with Gasteiger partial charge in [0.1, 0.15) is 23.6 Å². The zero-order valence-electron chi connectivity index (χ0n) is 8.41. The van der Waals surface area contributed by atoms with E-state index in [0.717, 1.165) is 6.07 Å². The van der Waals surface area contributed by atoms with Gasteiger partial charge < -0.3 is 15.6 Å². The molecule has 0 saturated heterocycles. The Kier molecular flexibility index (Phi) is 2.73. The highest BCUT2D eigenvalue weighted by Gasteiger charge is 2.15. The molecule has 0 spiro atoms. The lowest BCUT2D eigenvalue weighted by Crippen LogP contribution is -2.14. The van der Waals surface area contributed by atoms with Crippen molar-refractivity contribution in [2.75, 3.05) is 11.1 Å². The Morgan fingerprint density at radius 3 is 2.76 bits per heavy atom. The molecule has 1 heterocycles. The molecule has 0 saturated carbocycles. The lowest BCUT2D eigenvalue weighted by atomic mass is 10.1. The third-order valence-electron chi connectivity index (χ3n) is 2.02. The molecule has 0 unspecified atom stereocenters.